The van der Waals surface area contributed by atoms with Crippen molar-refractivity contribution >= 4 is 10.8 Å². The molecule has 0 saturated carbocycles. The Labute approximate surface area is 161 Å². The molecule has 3 rings (SSSR count). The van der Waals surface area contributed by atoms with Crippen LogP contribution >= 0.6 is 0 Å². The summed E-state index contributed by atoms with van der Waals surface area (Å²) in [5.41, 5.74) is 7.57. The lowest BCUT2D eigenvalue weighted by Gasteiger charge is -2.28. The number of pyridine rings is 1. The van der Waals surface area contributed by atoms with Gasteiger partial charge in [0.25, 0.3) is 0 Å². The minimum atomic E-state index is -0.910. The lowest BCUT2D eigenvalue weighted by atomic mass is 9.87. The molecule has 0 aliphatic carbocycles. The highest BCUT2D eigenvalue weighted by Gasteiger charge is 2.26. The first kappa shape index (κ1) is 19.5. The highest BCUT2D eigenvalue weighted by molar-refractivity contribution is 5.81. The normalized spacial score (nSPS) is 16.0. The predicted molar refractivity (Wildman–Crippen MR) is 111 cm³/mol. The number of hydrogen-bond acceptors (Lipinski definition) is 4. The molecule has 3 atom stereocenters. The van der Waals surface area contributed by atoms with Crippen molar-refractivity contribution in [3.05, 3.63) is 78.1 Å². The van der Waals surface area contributed by atoms with Crippen molar-refractivity contribution in [2.75, 3.05) is 0 Å². The quantitative estimate of drug-likeness (QED) is 0.570. The minimum absolute atomic E-state index is 0.0783. The zero-order valence-corrected chi connectivity index (χ0v) is 16.1. The summed E-state index contributed by atoms with van der Waals surface area (Å²) >= 11 is 0. The third-order valence-electron chi connectivity index (χ3n) is 5.07. The van der Waals surface area contributed by atoms with Crippen molar-refractivity contribution in [1.29, 1.82) is 0 Å². The van der Waals surface area contributed by atoms with Gasteiger partial charge in [-0.3, -0.25) is 4.98 Å². The van der Waals surface area contributed by atoms with Crippen LogP contribution < -0.4 is 11.1 Å². The minimum Gasteiger partial charge on any atom is -0.385 e. The van der Waals surface area contributed by atoms with Crippen molar-refractivity contribution in [3.63, 3.8) is 0 Å². The molecule has 142 valence electrons. The molecule has 2 aromatic carbocycles. The number of nitrogens with zero attached hydrogens (tertiary/aromatic N) is 1. The van der Waals surface area contributed by atoms with E-state index in [4.69, 9.17) is 5.73 Å². The first-order chi connectivity index (χ1) is 12.9. The van der Waals surface area contributed by atoms with Crippen molar-refractivity contribution in [2.24, 2.45) is 5.73 Å². The lowest BCUT2D eigenvalue weighted by Crippen LogP contribution is -2.38. The Kier molecular flexibility index (Phi) is 6.22. The van der Waals surface area contributed by atoms with E-state index in [-0.39, 0.29) is 12.1 Å². The molecule has 0 bridgehead atoms. The highest BCUT2D eigenvalue weighted by atomic mass is 16.3. The van der Waals surface area contributed by atoms with E-state index in [1.807, 2.05) is 55.7 Å². The molecule has 0 fully saturated rings. The van der Waals surface area contributed by atoms with Crippen LogP contribution in [0.5, 0.6) is 0 Å². The van der Waals surface area contributed by atoms with Crippen LogP contribution in [0, 0.1) is 0 Å². The summed E-state index contributed by atoms with van der Waals surface area (Å²) in [5, 5.41) is 16.7. The highest BCUT2D eigenvalue weighted by Crippen LogP contribution is 2.26. The Bertz CT molecular complexity index is 864. The van der Waals surface area contributed by atoms with Crippen LogP contribution in [-0.4, -0.2) is 22.2 Å². The van der Waals surface area contributed by atoms with Gasteiger partial charge in [0.2, 0.25) is 0 Å². The fourth-order valence-corrected chi connectivity index (χ4v) is 3.58. The number of benzene rings is 2. The maximum absolute atomic E-state index is 10.8. The van der Waals surface area contributed by atoms with E-state index in [0.29, 0.717) is 6.42 Å². The second-order valence-electron chi connectivity index (χ2n) is 7.68. The molecule has 0 spiro atoms. The van der Waals surface area contributed by atoms with Gasteiger partial charge in [-0.1, -0.05) is 42.5 Å². The standard InChI is InChI=1S/C23H29N3O/c1-17(12-22(24)14-23(2,27)21-6-4-3-5-7-21)26-15-18-8-9-20-16-25-11-10-19(20)13-18/h3-11,13,16-17,22,26-27H,12,14-15,24H2,1-2H3/t17-,22?,23?/m1/s1. The van der Waals surface area contributed by atoms with Gasteiger partial charge in [-0.05, 0) is 55.3 Å². The monoisotopic (exact) mass is 363 g/mol. The Hall–Kier alpha value is -2.27. The summed E-state index contributed by atoms with van der Waals surface area (Å²) in [6, 6.07) is 18.4. The van der Waals surface area contributed by atoms with Crippen LogP contribution in [-0.2, 0) is 12.1 Å². The maximum Gasteiger partial charge on any atom is 0.0883 e. The van der Waals surface area contributed by atoms with Crippen molar-refractivity contribution in [1.82, 2.24) is 10.3 Å². The van der Waals surface area contributed by atoms with Crippen LogP contribution in [0.25, 0.3) is 10.8 Å². The van der Waals surface area contributed by atoms with E-state index < -0.39 is 5.60 Å². The Morgan fingerprint density at radius 2 is 1.89 bits per heavy atom. The van der Waals surface area contributed by atoms with Crippen molar-refractivity contribution in [3.8, 4) is 0 Å². The molecule has 0 radical (unpaired) electrons. The Morgan fingerprint density at radius 3 is 2.67 bits per heavy atom. The molecule has 1 aromatic heterocycles. The number of hydrogen-bond donors (Lipinski definition) is 3. The van der Waals surface area contributed by atoms with Crippen molar-refractivity contribution in [2.45, 2.75) is 50.9 Å². The molecule has 0 amide bonds. The van der Waals surface area contributed by atoms with Gasteiger partial charge in [0.15, 0.2) is 0 Å². The van der Waals surface area contributed by atoms with E-state index in [9.17, 15) is 5.11 Å². The maximum atomic E-state index is 10.8. The van der Waals surface area contributed by atoms with Crippen LogP contribution in [0.4, 0.5) is 0 Å². The fourth-order valence-electron chi connectivity index (χ4n) is 3.58. The van der Waals surface area contributed by atoms with Crippen LogP contribution in [0.1, 0.15) is 37.8 Å². The first-order valence-electron chi connectivity index (χ1n) is 9.53. The van der Waals surface area contributed by atoms with E-state index in [0.717, 1.165) is 23.9 Å². The van der Waals surface area contributed by atoms with Gasteiger partial charge < -0.3 is 16.2 Å². The van der Waals surface area contributed by atoms with E-state index in [2.05, 4.69) is 35.4 Å². The third kappa shape index (κ3) is 5.36. The van der Waals surface area contributed by atoms with Crippen LogP contribution in [0.3, 0.4) is 0 Å². The molecule has 27 heavy (non-hydrogen) atoms. The number of rotatable bonds is 8. The summed E-state index contributed by atoms with van der Waals surface area (Å²) in [6.45, 7) is 4.77. The molecule has 0 aliphatic rings. The van der Waals surface area contributed by atoms with Gasteiger partial charge in [-0.15, -0.1) is 0 Å². The largest absolute Gasteiger partial charge is 0.385 e. The van der Waals surface area contributed by atoms with E-state index in [1.54, 1.807) is 0 Å². The molecule has 4 heteroatoms. The van der Waals surface area contributed by atoms with E-state index >= 15 is 0 Å². The van der Waals surface area contributed by atoms with Gasteiger partial charge in [-0.2, -0.15) is 0 Å². The van der Waals surface area contributed by atoms with Gasteiger partial charge in [-0.25, -0.2) is 0 Å². The first-order valence-corrected chi connectivity index (χ1v) is 9.53. The molecule has 0 saturated heterocycles. The van der Waals surface area contributed by atoms with Gasteiger partial charge in [0, 0.05) is 36.4 Å². The predicted octanol–water partition coefficient (Wildman–Crippen LogP) is 3.73. The molecular formula is C23H29N3O. The second-order valence-corrected chi connectivity index (χ2v) is 7.68. The summed E-state index contributed by atoms with van der Waals surface area (Å²) in [7, 11) is 0. The smallest absolute Gasteiger partial charge is 0.0883 e. The second kappa shape index (κ2) is 8.61. The summed E-state index contributed by atoms with van der Waals surface area (Å²) in [5.74, 6) is 0. The molecule has 4 N–H and O–H groups in total. The molecule has 2 unspecified atom stereocenters. The molecule has 1 heterocycles. The van der Waals surface area contributed by atoms with Gasteiger partial charge >= 0.3 is 0 Å². The van der Waals surface area contributed by atoms with Crippen LogP contribution in [0.2, 0.25) is 0 Å². The van der Waals surface area contributed by atoms with E-state index in [1.165, 1.54) is 10.9 Å². The van der Waals surface area contributed by atoms with Crippen LogP contribution in [0.15, 0.2) is 67.0 Å². The van der Waals surface area contributed by atoms with Gasteiger partial charge in [0.05, 0.1) is 5.60 Å². The molecule has 0 aliphatic heterocycles. The average Bonchev–Trinajstić information content (AvgIpc) is 2.66. The fraction of sp³-hybridized carbons (Fsp3) is 0.348. The number of nitrogens with one attached hydrogen (secondary N) is 1. The summed E-state index contributed by atoms with van der Waals surface area (Å²) < 4.78 is 0. The zero-order chi connectivity index (χ0) is 19.3. The summed E-state index contributed by atoms with van der Waals surface area (Å²) in [6.07, 6.45) is 5.04. The topological polar surface area (TPSA) is 71.2 Å². The molecule has 4 nitrogen and oxygen atoms in total. The van der Waals surface area contributed by atoms with Crippen molar-refractivity contribution < 1.29 is 5.11 Å². The average molecular weight is 364 g/mol. The molecule has 3 aromatic rings. The number of aliphatic hydroxyl groups is 1. The Balaban J connectivity index is 1.51. The SMILES string of the molecule is C[C@H](CC(N)CC(C)(O)c1ccccc1)NCc1ccc2cnccc2c1. The zero-order valence-electron chi connectivity index (χ0n) is 16.1. The summed E-state index contributed by atoms with van der Waals surface area (Å²) in [4.78, 5) is 4.15. The Morgan fingerprint density at radius 1 is 1.11 bits per heavy atom. The number of aromatic nitrogens is 1. The lowest BCUT2D eigenvalue weighted by molar-refractivity contribution is 0.0389. The molecular weight excluding hydrogens is 334 g/mol. The number of nitrogens with two attached hydrogens (primary N) is 1. The third-order valence-corrected chi connectivity index (χ3v) is 5.07. The number of fused-ring (bicyclic) bond motifs is 1. The van der Waals surface area contributed by atoms with Gasteiger partial charge in [0.1, 0.15) is 0 Å².